The van der Waals surface area contributed by atoms with Crippen molar-refractivity contribution in [2.45, 2.75) is 20.4 Å². The van der Waals surface area contributed by atoms with E-state index in [9.17, 15) is 0 Å². The molecule has 0 fully saturated rings. The van der Waals surface area contributed by atoms with Crippen molar-refractivity contribution in [2.24, 2.45) is 5.92 Å². The van der Waals surface area contributed by atoms with E-state index in [0.29, 0.717) is 12.5 Å². The second-order valence-corrected chi connectivity index (χ2v) is 5.81. The lowest BCUT2D eigenvalue weighted by molar-refractivity contribution is 0.150. The molecule has 1 aromatic carbocycles. The molecule has 21 heavy (non-hydrogen) atoms. The minimum Gasteiger partial charge on any atom is -0.492 e. The lowest BCUT2D eigenvalue weighted by atomic mass is 10.2. The minimum atomic E-state index is 0.683. The Morgan fingerprint density at radius 1 is 1.10 bits per heavy atom. The Hall–Kier alpha value is -1.10. The Morgan fingerprint density at radius 3 is 2.38 bits per heavy atom. The van der Waals surface area contributed by atoms with Gasteiger partial charge in [0.05, 0.1) is 6.61 Å². The fraction of sp³-hybridized carbons (Fsp3) is 0.647. The van der Waals surface area contributed by atoms with Gasteiger partial charge in [-0.25, -0.2) is 0 Å². The van der Waals surface area contributed by atoms with Gasteiger partial charge in [-0.05, 0) is 37.2 Å². The summed E-state index contributed by atoms with van der Waals surface area (Å²) in [5, 5.41) is 3.44. The monoisotopic (exact) mass is 294 g/mol. The number of hydrogen-bond donors (Lipinski definition) is 1. The summed E-state index contributed by atoms with van der Waals surface area (Å²) < 4.78 is 10.8. The quantitative estimate of drug-likeness (QED) is 0.679. The number of nitrogens with zero attached hydrogens (tertiary/aromatic N) is 1. The molecular weight excluding hydrogens is 264 g/mol. The van der Waals surface area contributed by atoms with E-state index >= 15 is 0 Å². The molecule has 120 valence electrons. The number of methoxy groups -OCH3 is 1. The summed E-state index contributed by atoms with van der Waals surface area (Å²) in [4.78, 5) is 2.20. The topological polar surface area (TPSA) is 33.7 Å². The van der Waals surface area contributed by atoms with Gasteiger partial charge in [-0.3, -0.25) is 0 Å². The van der Waals surface area contributed by atoms with Crippen LogP contribution in [-0.2, 0) is 11.3 Å². The molecule has 0 heterocycles. The number of likely N-dealkylation sites (N-methyl/N-ethyl adjacent to an activating group) is 1. The van der Waals surface area contributed by atoms with Gasteiger partial charge in [0.15, 0.2) is 0 Å². The molecule has 0 unspecified atom stereocenters. The fourth-order valence-corrected chi connectivity index (χ4v) is 1.89. The van der Waals surface area contributed by atoms with Crippen LogP contribution in [-0.4, -0.2) is 51.9 Å². The van der Waals surface area contributed by atoms with Crippen LogP contribution in [0.3, 0.4) is 0 Å². The largest absolute Gasteiger partial charge is 0.492 e. The SMILES string of the molecule is COCCN(C)CCOc1ccc(CNCC(C)C)cc1. The number of rotatable bonds is 11. The van der Waals surface area contributed by atoms with Crippen LogP contribution in [0.5, 0.6) is 5.75 Å². The molecule has 0 atom stereocenters. The van der Waals surface area contributed by atoms with Crippen LogP contribution < -0.4 is 10.1 Å². The van der Waals surface area contributed by atoms with Gasteiger partial charge in [0.25, 0.3) is 0 Å². The standard InChI is InChI=1S/C17H30N2O2/c1-15(2)13-18-14-16-5-7-17(8-6-16)21-12-10-19(3)9-11-20-4/h5-8,15,18H,9-14H2,1-4H3. The molecule has 0 spiro atoms. The third-order valence-electron chi connectivity index (χ3n) is 3.22. The molecule has 0 radical (unpaired) electrons. The fourth-order valence-electron chi connectivity index (χ4n) is 1.89. The maximum atomic E-state index is 5.75. The molecule has 0 aliphatic carbocycles. The highest BCUT2D eigenvalue weighted by Crippen LogP contribution is 2.12. The van der Waals surface area contributed by atoms with Crippen molar-refractivity contribution in [3.63, 3.8) is 0 Å². The molecule has 1 rings (SSSR count). The highest BCUT2D eigenvalue weighted by atomic mass is 16.5. The molecule has 0 bridgehead atoms. The van der Waals surface area contributed by atoms with Crippen LogP contribution in [0.2, 0.25) is 0 Å². The highest BCUT2D eigenvalue weighted by molar-refractivity contribution is 5.27. The van der Waals surface area contributed by atoms with E-state index in [4.69, 9.17) is 9.47 Å². The Kier molecular flexibility index (Phi) is 9.06. The van der Waals surface area contributed by atoms with E-state index in [0.717, 1.165) is 38.5 Å². The molecular formula is C17H30N2O2. The molecule has 0 saturated heterocycles. The average molecular weight is 294 g/mol. The summed E-state index contributed by atoms with van der Waals surface area (Å²) in [6, 6.07) is 8.33. The molecule has 0 saturated carbocycles. The Balaban J connectivity index is 2.21. The van der Waals surface area contributed by atoms with Crippen LogP contribution in [0.15, 0.2) is 24.3 Å². The zero-order chi connectivity index (χ0) is 15.5. The molecule has 4 heteroatoms. The molecule has 0 amide bonds. The van der Waals surface area contributed by atoms with E-state index in [2.05, 4.69) is 43.2 Å². The lowest BCUT2D eigenvalue weighted by Gasteiger charge is -2.16. The van der Waals surface area contributed by atoms with Gasteiger partial charge in [0.2, 0.25) is 0 Å². The van der Waals surface area contributed by atoms with Gasteiger partial charge in [-0.1, -0.05) is 26.0 Å². The first kappa shape index (κ1) is 18.0. The lowest BCUT2D eigenvalue weighted by Crippen LogP contribution is -2.27. The van der Waals surface area contributed by atoms with Gasteiger partial charge < -0.3 is 19.7 Å². The van der Waals surface area contributed by atoms with E-state index < -0.39 is 0 Å². The molecule has 4 nitrogen and oxygen atoms in total. The average Bonchev–Trinajstić information content (AvgIpc) is 2.46. The maximum Gasteiger partial charge on any atom is 0.119 e. The minimum absolute atomic E-state index is 0.683. The van der Waals surface area contributed by atoms with E-state index in [1.807, 2.05) is 12.1 Å². The summed E-state index contributed by atoms with van der Waals surface area (Å²) in [6.07, 6.45) is 0. The smallest absolute Gasteiger partial charge is 0.119 e. The summed E-state index contributed by atoms with van der Waals surface area (Å²) in [5.41, 5.74) is 1.29. The number of benzene rings is 1. The van der Waals surface area contributed by atoms with Crippen LogP contribution >= 0.6 is 0 Å². The van der Waals surface area contributed by atoms with Gasteiger partial charge in [0, 0.05) is 26.7 Å². The summed E-state index contributed by atoms with van der Waals surface area (Å²) in [7, 11) is 3.80. The third kappa shape index (κ3) is 8.71. The van der Waals surface area contributed by atoms with E-state index in [-0.39, 0.29) is 0 Å². The summed E-state index contributed by atoms with van der Waals surface area (Å²) in [5.74, 6) is 1.62. The number of ether oxygens (including phenoxy) is 2. The van der Waals surface area contributed by atoms with Gasteiger partial charge in [-0.15, -0.1) is 0 Å². The molecule has 1 aromatic rings. The molecule has 0 aliphatic rings. The zero-order valence-electron chi connectivity index (χ0n) is 13.9. The maximum absolute atomic E-state index is 5.75. The van der Waals surface area contributed by atoms with Crippen molar-refractivity contribution in [2.75, 3.05) is 47.0 Å². The second-order valence-electron chi connectivity index (χ2n) is 5.81. The summed E-state index contributed by atoms with van der Waals surface area (Å²) in [6.45, 7) is 9.69. The third-order valence-corrected chi connectivity index (χ3v) is 3.22. The molecule has 1 N–H and O–H groups in total. The summed E-state index contributed by atoms with van der Waals surface area (Å²) >= 11 is 0. The normalized spacial score (nSPS) is 11.3. The van der Waals surface area contributed by atoms with E-state index in [1.54, 1.807) is 7.11 Å². The van der Waals surface area contributed by atoms with Crippen LogP contribution in [0, 0.1) is 5.92 Å². The Morgan fingerprint density at radius 2 is 1.76 bits per heavy atom. The Labute approximate surface area is 129 Å². The first-order valence-electron chi connectivity index (χ1n) is 7.71. The van der Waals surface area contributed by atoms with Crippen LogP contribution in [0.1, 0.15) is 19.4 Å². The van der Waals surface area contributed by atoms with Crippen molar-refractivity contribution in [1.82, 2.24) is 10.2 Å². The van der Waals surface area contributed by atoms with Crippen molar-refractivity contribution in [3.05, 3.63) is 29.8 Å². The van der Waals surface area contributed by atoms with E-state index in [1.165, 1.54) is 5.56 Å². The van der Waals surface area contributed by atoms with Crippen molar-refractivity contribution in [1.29, 1.82) is 0 Å². The highest BCUT2D eigenvalue weighted by Gasteiger charge is 2.00. The first-order chi connectivity index (χ1) is 10.1. The van der Waals surface area contributed by atoms with Gasteiger partial charge in [-0.2, -0.15) is 0 Å². The van der Waals surface area contributed by atoms with Crippen molar-refractivity contribution in [3.8, 4) is 5.75 Å². The van der Waals surface area contributed by atoms with Crippen LogP contribution in [0.4, 0.5) is 0 Å². The van der Waals surface area contributed by atoms with Crippen LogP contribution in [0.25, 0.3) is 0 Å². The Bertz CT molecular complexity index is 366. The van der Waals surface area contributed by atoms with Crippen molar-refractivity contribution >= 4 is 0 Å². The number of hydrogen-bond acceptors (Lipinski definition) is 4. The van der Waals surface area contributed by atoms with Gasteiger partial charge in [0.1, 0.15) is 12.4 Å². The first-order valence-corrected chi connectivity index (χ1v) is 7.71. The van der Waals surface area contributed by atoms with Crippen molar-refractivity contribution < 1.29 is 9.47 Å². The zero-order valence-corrected chi connectivity index (χ0v) is 13.9. The molecule has 0 aromatic heterocycles. The number of nitrogens with one attached hydrogen (secondary N) is 1. The second kappa shape index (κ2) is 10.6. The predicted octanol–water partition coefficient (Wildman–Crippen LogP) is 2.39. The predicted molar refractivity (Wildman–Crippen MR) is 87.9 cm³/mol. The van der Waals surface area contributed by atoms with Gasteiger partial charge >= 0.3 is 0 Å². The molecule has 0 aliphatic heterocycles.